The summed E-state index contributed by atoms with van der Waals surface area (Å²) < 4.78 is 1.50. The molecule has 0 saturated heterocycles. The average molecular weight is 309 g/mol. The van der Waals surface area contributed by atoms with Crippen molar-refractivity contribution in [2.45, 2.75) is 13.0 Å². The number of aromatic nitrogens is 2. The minimum absolute atomic E-state index is 0.204. The maximum absolute atomic E-state index is 12.1. The lowest BCUT2D eigenvalue weighted by Gasteiger charge is -2.13. The van der Waals surface area contributed by atoms with Gasteiger partial charge in [-0.05, 0) is 19.1 Å². The highest BCUT2D eigenvalue weighted by molar-refractivity contribution is 7.80. The first kappa shape index (κ1) is 14.5. The minimum atomic E-state index is -0.476. The van der Waals surface area contributed by atoms with Gasteiger partial charge in [-0.3, -0.25) is 9.48 Å². The number of rotatable bonds is 4. The third kappa shape index (κ3) is 3.34. The van der Waals surface area contributed by atoms with Crippen molar-refractivity contribution in [1.29, 1.82) is 0 Å². The second kappa shape index (κ2) is 6.02. The van der Waals surface area contributed by atoms with Gasteiger partial charge in [0.1, 0.15) is 11.0 Å². The van der Waals surface area contributed by atoms with Gasteiger partial charge < -0.3 is 11.1 Å². The van der Waals surface area contributed by atoms with Crippen molar-refractivity contribution in [1.82, 2.24) is 9.78 Å². The summed E-state index contributed by atoms with van der Waals surface area (Å²) in [6.07, 6.45) is 3.08. The summed E-state index contributed by atoms with van der Waals surface area (Å²) in [7, 11) is 0. The van der Waals surface area contributed by atoms with Gasteiger partial charge >= 0.3 is 0 Å². The molecule has 1 aromatic heterocycles. The van der Waals surface area contributed by atoms with Gasteiger partial charge in [0.25, 0.3) is 0 Å². The van der Waals surface area contributed by atoms with E-state index in [0.29, 0.717) is 16.3 Å². The van der Waals surface area contributed by atoms with E-state index in [1.165, 1.54) is 10.9 Å². The van der Waals surface area contributed by atoms with E-state index in [-0.39, 0.29) is 10.9 Å². The molecule has 1 amide bonds. The number of hydrogen-bond acceptors (Lipinski definition) is 3. The fraction of sp³-hybridized carbons (Fsp3) is 0.154. The molecule has 1 unspecified atom stereocenters. The van der Waals surface area contributed by atoms with E-state index < -0.39 is 6.04 Å². The van der Waals surface area contributed by atoms with E-state index in [2.05, 4.69) is 10.4 Å². The number of nitrogens with two attached hydrogens (primary N) is 1. The van der Waals surface area contributed by atoms with Crippen LogP contribution in [0, 0.1) is 0 Å². The molecule has 2 rings (SSSR count). The molecule has 0 saturated carbocycles. The highest BCUT2D eigenvalue weighted by Gasteiger charge is 2.16. The molecular weight excluding hydrogens is 296 g/mol. The lowest BCUT2D eigenvalue weighted by molar-refractivity contribution is -0.119. The molecule has 5 nitrogen and oxygen atoms in total. The summed E-state index contributed by atoms with van der Waals surface area (Å²) in [4.78, 5) is 12.4. The molecule has 1 aromatic carbocycles. The van der Waals surface area contributed by atoms with Gasteiger partial charge in [-0.15, -0.1) is 0 Å². The van der Waals surface area contributed by atoms with Gasteiger partial charge in [-0.1, -0.05) is 36.0 Å². The second-order valence-electron chi connectivity index (χ2n) is 4.25. The van der Waals surface area contributed by atoms with E-state index in [1.54, 1.807) is 37.4 Å². The van der Waals surface area contributed by atoms with Crippen molar-refractivity contribution in [2.75, 3.05) is 5.32 Å². The number of carbonyl (C=O) groups excluding carboxylic acids is 1. The van der Waals surface area contributed by atoms with Crippen molar-refractivity contribution in [3.05, 3.63) is 47.2 Å². The molecule has 0 aliphatic rings. The summed E-state index contributed by atoms with van der Waals surface area (Å²) >= 11 is 10.7. The predicted molar refractivity (Wildman–Crippen MR) is 82.9 cm³/mol. The highest BCUT2D eigenvalue weighted by atomic mass is 35.5. The number of anilines is 1. The maximum Gasteiger partial charge on any atom is 0.248 e. The molecule has 104 valence electrons. The molecule has 1 heterocycles. The quantitative estimate of drug-likeness (QED) is 0.851. The summed E-state index contributed by atoms with van der Waals surface area (Å²) in [5.41, 5.74) is 6.89. The molecule has 0 aliphatic heterocycles. The Kier molecular flexibility index (Phi) is 4.36. The second-order valence-corrected chi connectivity index (χ2v) is 5.13. The van der Waals surface area contributed by atoms with Gasteiger partial charge in [0.2, 0.25) is 5.91 Å². The number of benzene rings is 1. The molecule has 0 fully saturated rings. The van der Waals surface area contributed by atoms with E-state index in [9.17, 15) is 4.79 Å². The van der Waals surface area contributed by atoms with Gasteiger partial charge in [-0.25, -0.2) is 0 Å². The Bertz CT molecular complexity index is 655. The number of hydrogen-bond donors (Lipinski definition) is 2. The Morgan fingerprint density at radius 3 is 2.90 bits per heavy atom. The van der Waals surface area contributed by atoms with E-state index >= 15 is 0 Å². The van der Waals surface area contributed by atoms with Crippen LogP contribution in [0.2, 0.25) is 5.02 Å². The van der Waals surface area contributed by atoms with Gasteiger partial charge in [0.15, 0.2) is 0 Å². The van der Waals surface area contributed by atoms with Crippen LogP contribution in [0.3, 0.4) is 0 Å². The van der Waals surface area contributed by atoms with Crippen molar-refractivity contribution in [3.8, 4) is 0 Å². The lowest BCUT2D eigenvalue weighted by atomic mass is 10.2. The van der Waals surface area contributed by atoms with Gasteiger partial charge in [-0.2, -0.15) is 5.10 Å². The van der Waals surface area contributed by atoms with Crippen molar-refractivity contribution < 1.29 is 4.79 Å². The topological polar surface area (TPSA) is 72.9 Å². The zero-order valence-electron chi connectivity index (χ0n) is 10.7. The normalized spacial score (nSPS) is 11.9. The largest absolute Gasteiger partial charge is 0.389 e. The minimum Gasteiger partial charge on any atom is -0.389 e. The Labute approximate surface area is 126 Å². The first-order chi connectivity index (χ1) is 9.47. The van der Waals surface area contributed by atoms with Crippen molar-refractivity contribution >= 4 is 40.4 Å². The monoisotopic (exact) mass is 308 g/mol. The zero-order chi connectivity index (χ0) is 14.7. The number of carbonyl (C=O) groups is 1. The van der Waals surface area contributed by atoms with Crippen LogP contribution in [-0.2, 0) is 4.79 Å². The number of nitrogens with zero attached hydrogens (tertiary/aromatic N) is 2. The van der Waals surface area contributed by atoms with Crippen molar-refractivity contribution in [2.24, 2.45) is 5.73 Å². The molecule has 20 heavy (non-hydrogen) atoms. The summed E-state index contributed by atoms with van der Waals surface area (Å²) in [6.45, 7) is 1.73. The predicted octanol–water partition coefficient (Wildman–Crippen LogP) is 2.37. The van der Waals surface area contributed by atoms with Crippen LogP contribution in [-0.4, -0.2) is 20.7 Å². The zero-order valence-corrected chi connectivity index (χ0v) is 12.3. The summed E-state index contributed by atoms with van der Waals surface area (Å²) in [6, 6.07) is 6.58. The fourth-order valence-corrected chi connectivity index (χ4v) is 1.91. The van der Waals surface area contributed by atoms with Crippen LogP contribution in [0.1, 0.15) is 18.5 Å². The Morgan fingerprint density at radius 1 is 1.55 bits per heavy atom. The van der Waals surface area contributed by atoms with Crippen LogP contribution in [0.25, 0.3) is 0 Å². The fourth-order valence-electron chi connectivity index (χ4n) is 1.64. The Hall–Kier alpha value is -1.92. The van der Waals surface area contributed by atoms with Crippen LogP contribution in [0.5, 0.6) is 0 Å². The van der Waals surface area contributed by atoms with Gasteiger partial charge in [0.05, 0.1) is 11.2 Å². The molecule has 0 spiro atoms. The van der Waals surface area contributed by atoms with Crippen LogP contribution in [0.4, 0.5) is 5.69 Å². The molecule has 0 bridgehead atoms. The Morgan fingerprint density at radius 2 is 2.30 bits per heavy atom. The van der Waals surface area contributed by atoms with Gasteiger partial charge in [0, 0.05) is 17.4 Å². The number of amides is 1. The van der Waals surface area contributed by atoms with Crippen LogP contribution < -0.4 is 11.1 Å². The molecule has 0 aliphatic carbocycles. The van der Waals surface area contributed by atoms with E-state index in [1.807, 2.05) is 0 Å². The standard InChI is InChI=1S/C13H13ClN4OS/c1-8(18-7-10(14)6-16-18)13(19)17-11-4-2-3-9(5-11)12(15)20/h2-8H,1H3,(H2,15,20)(H,17,19). The summed E-state index contributed by atoms with van der Waals surface area (Å²) in [5, 5.41) is 7.28. The third-order valence-corrected chi connectivity index (χ3v) is 3.19. The molecule has 2 aromatic rings. The molecule has 3 N–H and O–H groups in total. The van der Waals surface area contributed by atoms with Crippen LogP contribution in [0.15, 0.2) is 36.7 Å². The number of thiocarbonyl (C=S) groups is 1. The van der Waals surface area contributed by atoms with E-state index in [4.69, 9.17) is 29.6 Å². The van der Waals surface area contributed by atoms with Crippen LogP contribution >= 0.6 is 23.8 Å². The molecular formula is C13H13ClN4OS. The third-order valence-electron chi connectivity index (χ3n) is 2.76. The molecule has 0 radical (unpaired) electrons. The first-order valence-corrected chi connectivity index (χ1v) is 6.66. The number of nitrogens with one attached hydrogen (secondary N) is 1. The molecule has 1 atom stereocenters. The SMILES string of the molecule is CC(C(=O)Nc1cccc(C(N)=S)c1)n1cc(Cl)cn1. The Balaban J connectivity index is 2.11. The molecule has 7 heteroatoms. The lowest BCUT2D eigenvalue weighted by Crippen LogP contribution is -2.24. The van der Waals surface area contributed by atoms with Crippen molar-refractivity contribution in [3.63, 3.8) is 0 Å². The highest BCUT2D eigenvalue weighted by Crippen LogP contribution is 2.15. The maximum atomic E-state index is 12.1. The number of halogens is 1. The smallest absolute Gasteiger partial charge is 0.248 e. The first-order valence-electron chi connectivity index (χ1n) is 5.88. The average Bonchev–Trinajstić information content (AvgIpc) is 2.84. The van der Waals surface area contributed by atoms with E-state index in [0.717, 1.165) is 0 Å². The summed E-state index contributed by atoms with van der Waals surface area (Å²) in [5.74, 6) is -0.204.